The maximum atomic E-state index is 5.57. The van der Waals surface area contributed by atoms with Crippen molar-refractivity contribution in [1.29, 1.82) is 0 Å². The van der Waals surface area contributed by atoms with Gasteiger partial charge in [0, 0.05) is 17.5 Å². The second kappa shape index (κ2) is 6.99. The zero-order chi connectivity index (χ0) is 11.1. The van der Waals surface area contributed by atoms with Crippen LogP contribution in [0.5, 0.6) is 0 Å². The smallest absolute Gasteiger partial charge is 0.0330 e. The van der Waals surface area contributed by atoms with Gasteiger partial charge >= 0.3 is 0 Å². The fourth-order valence-corrected chi connectivity index (χ4v) is 2.34. The van der Waals surface area contributed by atoms with Crippen LogP contribution in [0.15, 0.2) is 17.5 Å². The Labute approximate surface area is 97.1 Å². The molecule has 0 aliphatic rings. The molecule has 0 aromatic carbocycles. The summed E-state index contributed by atoms with van der Waals surface area (Å²) in [5, 5.41) is 2.15. The van der Waals surface area contributed by atoms with Crippen molar-refractivity contribution in [2.75, 3.05) is 13.1 Å². The summed E-state index contributed by atoms with van der Waals surface area (Å²) >= 11 is 1.84. The molecule has 1 aromatic heterocycles. The molecule has 0 aliphatic heterocycles. The lowest BCUT2D eigenvalue weighted by atomic mass is 10.2. The number of hydrogen-bond acceptors (Lipinski definition) is 3. The van der Waals surface area contributed by atoms with Crippen molar-refractivity contribution in [2.24, 2.45) is 5.73 Å². The van der Waals surface area contributed by atoms with Crippen molar-refractivity contribution in [3.63, 3.8) is 0 Å². The molecule has 0 saturated carbocycles. The summed E-state index contributed by atoms with van der Waals surface area (Å²) in [6.45, 7) is 7.52. The zero-order valence-corrected chi connectivity index (χ0v) is 10.6. The van der Waals surface area contributed by atoms with E-state index in [2.05, 4.69) is 36.3 Å². The predicted molar refractivity (Wildman–Crippen MR) is 68.2 cm³/mol. The molecule has 0 fully saturated rings. The van der Waals surface area contributed by atoms with Gasteiger partial charge in [-0.05, 0) is 44.3 Å². The van der Waals surface area contributed by atoms with E-state index < -0.39 is 0 Å². The first-order chi connectivity index (χ1) is 7.27. The molecule has 2 N–H and O–H groups in total. The molecule has 3 heteroatoms. The first kappa shape index (κ1) is 12.7. The maximum Gasteiger partial charge on any atom is 0.0330 e. The molecule has 1 heterocycles. The Bertz CT molecular complexity index is 246. The van der Waals surface area contributed by atoms with Gasteiger partial charge < -0.3 is 5.73 Å². The molecule has 0 bridgehead atoms. The van der Waals surface area contributed by atoms with E-state index in [4.69, 9.17) is 5.73 Å². The van der Waals surface area contributed by atoms with Crippen LogP contribution in [0.2, 0.25) is 0 Å². The minimum Gasteiger partial charge on any atom is -0.330 e. The molecule has 0 aliphatic carbocycles. The number of rotatable bonds is 7. The molecule has 0 saturated heterocycles. The molecule has 1 aromatic rings. The second-order valence-corrected chi connectivity index (χ2v) is 4.98. The van der Waals surface area contributed by atoms with Gasteiger partial charge in [0.2, 0.25) is 0 Å². The van der Waals surface area contributed by atoms with Crippen molar-refractivity contribution >= 4 is 11.3 Å². The van der Waals surface area contributed by atoms with Gasteiger partial charge in [-0.25, -0.2) is 0 Å². The fraction of sp³-hybridized carbons (Fsp3) is 0.667. The summed E-state index contributed by atoms with van der Waals surface area (Å²) in [5.74, 6) is 0. The topological polar surface area (TPSA) is 29.3 Å². The average molecular weight is 226 g/mol. The van der Waals surface area contributed by atoms with Gasteiger partial charge in [0.1, 0.15) is 0 Å². The molecule has 0 unspecified atom stereocenters. The number of thiophene rings is 1. The van der Waals surface area contributed by atoms with E-state index in [9.17, 15) is 0 Å². The minimum absolute atomic E-state index is 0.652. The minimum atomic E-state index is 0.652. The van der Waals surface area contributed by atoms with Gasteiger partial charge in [0.25, 0.3) is 0 Å². The van der Waals surface area contributed by atoms with Crippen molar-refractivity contribution in [3.8, 4) is 0 Å². The third-order valence-corrected chi connectivity index (χ3v) is 3.66. The standard InChI is InChI=1S/C12H22N2S/c1-3-11(2)14(8-5-7-13)10-12-6-4-9-15-12/h4,6,9,11H,3,5,7-8,10,13H2,1-2H3/t11-/m0/s1. The first-order valence-electron chi connectivity index (χ1n) is 5.74. The molecule has 0 amide bonds. The SMILES string of the molecule is CC[C@H](C)N(CCCN)Cc1cccs1. The average Bonchev–Trinajstić information content (AvgIpc) is 2.75. The van der Waals surface area contributed by atoms with Crippen LogP contribution in [0, 0.1) is 0 Å². The largest absolute Gasteiger partial charge is 0.330 e. The van der Waals surface area contributed by atoms with E-state index in [1.54, 1.807) is 0 Å². The van der Waals surface area contributed by atoms with E-state index in [-0.39, 0.29) is 0 Å². The van der Waals surface area contributed by atoms with Gasteiger partial charge in [-0.2, -0.15) is 0 Å². The van der Waals surface area contributed by atoms with Crippen molar-refractivity contribution in [3.05, 3.63) is 22.4 Å². The summed E-state index contributed by atoms with van der Waals surface area (Å²) in [4.78, 5) is 3.98. The lowest BCUT2D eigenvalue weighted by Gasteiger charge is -2.27. The maximum absolute atomic E-state index is 5.57. The molecule has 86 valence electrons. The highest BCUT2D eigenvalue weighted by molar-refractivity contribution is 7.09. The molecular formula is C12H22N2S. The quantitative estimate of drug-likeness (QED) is 0.774. The van der Waals surface area contributed by atoms with Crippen LogP contribution in [0.1, 0.15) is 31.6 Å². The van der Waals surface area contributed by atoms with Gasteiger partial charge in [-0.1, -0.05) is 13.0 Å². The number of nitrogens with two attached hydrogens (primary N) is 1. The highest BCUT2D eigenvalue weighted by Gasteiger charge is 2.12. The third-order valence-electron chi connectivity index (χ3n) is 2.80. The third kappa shape index (κ3) is 4.33. The summed E-state index contributed by atoms with van der Waals surface area (Å²) in [6, 6.07) is 4.99. The van der Waals surface area contributed by atoms with Gasteiger partial charge in [-0.15, -0.1) is 11.3 Å². The van der Waals surface area contributed by atoms with Crippen LogP contribution in [0.25, 0.3) is 0 Å². The Balaban J connectivity index is 2.48. The van der Waals surface area contributed by atoms with Crippen LogP contribution >= 0.6 is 11.3 Å². The van der Waals surface area contributed by atoms with Crippen molar-refractivity contribution < 1.29 is 0 Å². The molecule has 15 heavy (non-hydrogen) atoms. The van der Waals surface area contributed by atoms with Crippen LogP contribution in [0.4, 0.5) is 0 Å². The van der Waals surface area contributed by atoms with Gasteiger partial charge in [0.15, 0.2) is 0 Å². The van der Waals surface area contributed by atoms with E-state index in [1.807, 2.05) is 11.3 Å². The van der Waals surface area contributed by atoms with E-state index in [0.29, 0.717) is 6.04 Å². The predicted octanol–water partition coefficient (Wildman–Crippen LogP) is 2.70. The zero-order valence-electron chi connectivity index (χ0n) is 9.78. The Morgan fingerprint density at radius 3 is 2.87 bits per heavy atom. The monoisotopic (exact) mass is 226 g/mol. The molecule has 0 radical (unpaired) electrons. The molecule has 1 atom stereocenters. The van der Waals surface area contributed by atoms with E-state index in [1.165, 1.54) is 11.3 Å². The van der Waals surface area contributed by atoms with Gasteiger partial charge in [-0.3, -0.25) is 4.90 Å². The summed E-state index contributed by atoms with van der Waals surface area (Å²) in [5.41, 5.74) is 5.57. The summed E-state index contributed by atoms with van der Waals surface area (Å²) in [7, 11) is 0. The lowest BCUT2D eigenvalue weighted by molar-refractivity contribution is 0.195. The second-order valence-electron chi connectivity index (χ2n) is 3.95. The molecular weight excluding hydrogens is 204 g/mol. The molecule has 0 spiro atoms. The number of nitrogens with zero attached hydrogens (tertiary/aromatic N) is 1. The van der Waals surface area contributed by atoms with Crippen LogP contribution < -0.4 is 5.73 Å². The van der Waals surface area contributed by atoms with Crippen LogP contribution in [0.3, 0.4) is 0 Å². The highest BCUT2D eigenvalue weighted by atomic mass is 32.1. The van der Waals surface area contributed by atoms with Gasteiger partial charge in [0.05, 0.1) is 0 Å². The Morgan fingerprint density at radius 1 is 1.53 bits per heavy atom. The van der Waals surface area contributed by atoms with Crippen molar-refractivity contribution in [2.45, 2.75) is 39.3 Å². The molecule has 2 nitrogen and oxygen atoms in total. The van der Waals surface area contributed by atoms with E-state index >= 15 is 0 Å². The first-order valence-corrected chi connectivity index (χ1v) is 6.62. The van der Waals surface area contributed by atoms with Crippen molar-refractivity contribution in [1.82, 2.24) is 4.90 Å². The Morgan fingerprint density at radius 2 is 2.33 bits per heavy atom. The Kier molecular flexibility index (Phi) is 5.91. The highest BCUT2D eigenvalue weighted by Crippen LogP contribution is 2.15. The summed E-state index contributed by atoms with van der Waals surface area (Å²) < 4.78 is 0. The van der Waals surface area contributed by atoms with E-state index in [0.717, 1.165) is 26.1 Å². The fourth-order valence-electron chi connectivity index (χ4n) is 1.61. The number of hydrogen-bond donors (Lipinski definition) is 1. The van der Waals surface area contributed by atoms with Crippen LogP contribution in [-0.2, 0) is 6.54 Å². The normalized spacial score (nSPS) is 13.3. The lowest BCUT2D eigenvalue weighted by Crippen LogP contribution is -2.33. The molecule has 1 rings (SSSR count). The van der Waals surface area contributed by atoms with Crippen LogP contribution in [-0.4, -0.2) is 24.0 Å². The summed E-state index contributed by atoms with van der Waals surface area (Å²) in [6.07, 6.45) is 2.30. The Hall–Kier alpha value is -0.380.